The summed E-state index contributed by atoms with van der Waals surface area (Å²) in [5.41, 5.74) is 1.16. The molecule has 0 aromatic carbocycles. The summed E-state index contributed by atoms with van der Waals surface area (Å²) in [4.78, 5) is 11.0. The maximum absolute atomic E-state index is 4.54. The maximum Gasteiger partial charge on any atom is 0.191 e. The standard InChI is InChI=1S/C18H33N5/c1-6-23(7-2)17-11-10-16(13-21-17)14-22-18(19-5)20-12-8-9-15(3)4/h10-11,13,15H,6-9,12,14H2,1-5H3,(H2,19,20,22). The Morgan fingerprint density at radius 2 is 1.96 bits per heavy atom. The molecule has 2 N–H and O–H groups in total. The fourth-order valence-electron chi connectivity index (χ4n) is 2.38. The third kappa shape index (κ3) is 7.35. The van der Waals surface area contributed by atoms with Gasteiger partial charge in [-0.05, 0) is 44.2 Å². The van der Waals surface area contributed by atoms with Crippen LogP contribution >= 0.6 is 0 Å². The second-order valence-corrected chi connectivity index (χ2v) is 6.09. The molecule has 0 saturated heterocycles. The number of pyridine rings is 1. The van der Waals surface area contributed by atoms with E-state index in [9.17, 15) is 0 Å². The van der Waals surface area contributed by atoms with E-state index in [-0.39, 0.29) is 0 Å². The fourth-order valence-corrected chi connectivity index (χ4v) is 2.38. The zero-order valence-electron chi connectivity index (χ0n) is 15.4. The molecular formula is C18H33N5. The number of hydrogen-bond acceptors (Lipinski definition) is 3. The minimum absolute atomic E-state index is 0.732. The Hall–Kier alpha value is -1.78. The maximum atomic E-state index is 4.54. The van der Waals surface area contributed by atoms with Gasteiger partial charge in [-0.1, -0.05) is 19.9 Å². The number of aromatic nitrogens is 1. The van der Waals surface area contributed by atoms with E-state index in [1.165, 1.54) is 12.8 Å². The van der Waals surface area contributed by atoms with Crippen molar-refractivity contribution >= 4 is 11.8 Å². The van der Waals surface area contributed by atoms with Crippen molar-refractivity contribution in [1.82, 2.24) is 15.6 Å². The molecule has 130 valence electrons. The molecule has 1 aromatic heterocycles. The lowest BCUT2D eigenvalue weighted by molar-refractivity contribution is 0.549. The SMILES string of the molecule is CCN(CC)c1ccc(CNC(=NC)NCCCC(C)C)cn1. The Morgan fingerprint density at radius 3 is 2.48 bits per heavy atom. The number of guanidine groups is 1. The van der Waals surface area contributed by atoms with E-state index in [0.717, 1.165) is 49.4 Å². The van der Waals surface area contributed by atoms with Crippen LogP contribution in [0.2, 0.25) is 0 Å². The van der Waals surface area contributed by atoms with Gasteiger partial charge in [-0.2, -0.15) is 0 Å². The lowest BCUT2D eigenvalue weighted by Crippen LogP contribution is -2.37. The van der Waals surface area contributed by atoms with Crippen LogP contribution in [0, 0.1) is 5.92 Å². The Labute approximate surface area is 141 Å². The molecule has 0 bridgehead atoms. The van der Waals surface area contributed by atoms with Crippen LogP contribution in [0.3, 0.4) is 0 Å². The van der Waals surface area contributed by atoms with E-state index in [2.05, 4.69) is 65.3 Å². The molecule has 1 aromatic rings. The van der Waals surface area contributed by atoms with E-state index in [1.54, 1.807) is 7.05 Å². The van der Waals surface area contributed by atoms with Crippen molar-refractivity contribution in [2.75, 3.05) is 31.6 Å². The Balaban J connectivity index is 2.40. The second kappa shape index (κ2) is 10.9. The first kappa shape index (κ1) is 19.3. The number of rotatable bonds is 9. The summed E-state index contributed by atoms with van der Waals surface area (Å²) in [6, 6.07) is 4.21. The molecule has 1 heterocycles. The molecule has 0 amide bonds. The average molecular weight is 319 g/mol. The van der Waals surface area contributed by atoms with Crippen LogP contribution in [-0.4, -0.2) is 37.6 Å². The largest absolute Gasteiger partial charge is 0.357 e. The summed E-state index contributed by atoms with van der Waals surface area (Å²) in [7, 11) is 1.81. The molecule has 0 aliphatic carbocycles. The highest BCUT2D eigenvalue weighted by Crippen LogP contribution is 2.10. The molecule has 1 rings (SSSR count). The Kier molecular flexibility index (Phi) is 9.10. The number of nitrogens with zero attached hydrogens (tertiary/aromatic N) is 3. The molecule has 0 spiro atoms. The smallest absolute Gasteiger partial charge is 0.191 e. The summed E-state index contributed by atoms with van der Waals surface area (Å²) in [6.07, 6.45) is 4.34. The van der Waals surface area contributed by atoms with Gasteiger partial charge in [-0.3, -0.25) is 4.99 Å². The van der Waals surface area contributed by atoms with Crippen molar-refractivity contribution in [3.8, 4) is 0 Å². The summed E-state index contributed by atoms with van der Waals surface area (Å²) in [5, 5.41) is 6.69. The van der Waals surface area contributed by atoms with Crippen LogP contribution < -0.4 is 15.5 Å². The van der Waals surface area contributed by atoms with Gasteiger partial charge in [0, 0.05) is 39.4 Å². The first-order valence-electron chi connectivity index (χ1n) is 8.75. The van der Waals surface area contributed by atoms with E-state index < -0.39 is 0 Å². The van der Waals surface area contributed by atoms with Gasteiger partial charge in [-0.15, -0.1) is 0 Å². The van der Waals surface area contributed by atoms with Crippen molar-refractivity contribution in [3.63, 3.8) is 0 Å². The van der Waals surface area contributed by atoms with Gasteiger partial charge < -0.3 is 15.5 Å². The zero-order chi connectivity index (χ0) is 17.1. The fraction of sp³-hybridized carbons (Fsp3) is 0.667. The van der Waals surface area contributed by atoms with Crippen LogP contribution in [0.1, 0.15) is 46.1 Å². The van der Waals surface area contributed by atoms with Crippen molar-refractivity contribution in [1.29, 1.82) is 0 Å². The molecule has 0 aliphatic heterocycles. The molecule has 0 unspecified atom stereocenters. The molecule has 0 atom stereocenters. The summed E-state index contributed by atoms with van der Waals surface area (Å²) in [5.74, 6) is 2.64. The quantitative estimate of drug-likeness (QED) is 0.417. The third-order valence-electron chi connectivity index (χ3n) is 3.83. The number of anilines is 1. The average Bonchev–Trinajstić information content (AvgIpc) is 2.56. The van der Waals surface area contributed by atoms with Gasteiger partial charge >= 0.3 is 0 Å². The third-order valence-corrected chi connectivity index (χ3v) is 3.83. The van der Waals surface area contributed by atoms with Crippen molar-refractivity contribution in [2.24, 2.45) is 10.9 Å². The van der Waals surface area contributed by atoms with E-state index in [4.69, 9.17) is 0 Å². The van der Waals surface area contributed by atoms with Crippen molar-refractivity contribution in [2.45, 2.75) is 47.1 Å². The van der Waals surface area contributed by atoms with Gasteiger partial charge in [0.2, 0.25) is 0 Å². The molecule has 0 radical (unpaired) electrons. The highest BCUT2D eigenvalue weighted by atomic mass is 15.2. The van der Waals surface area contributed by atoms with Gasteiger partial charge in [0.25, 0.3) is 0 Å². The van der Waals surface area contributed by atoms with Crippen molar-refractivity contribution < 1.29 is 0 Å². The van der Waals surface area contributed by atoms with Gasteiger partial charge in [0.1, 0.15) is 5.82 Å². The van der Waals surface area contributed by atoms with Gasteiger partial charge in [0.05, 0.1) is 0 Å². The van der Waals surface area contributed by atoms with Crippen LogP contribution in [0.5, 0.6) is 0 Å². The summed E-state index contributed by atoms with van der Waals surface area (Å²) >= 11 is 0. The topological polar surface area (TPSA) is 52.5 Å². The lowest BCUT2D eigenvalue weighted by atomic mass is 10.1. The zero-order valence-corrected chi connectivity index (χ0v) is 15.4. The molecule has 5 heteroatoms. The minimum Gasteiger partial charge on any atom is -0.357 e. The molecule has 0 fully saturated rings. The van der Waals surface area contributed by atoms with Gasteiger partial charge in [-0.25, -0.2) is 4.98 Å². The highest BCUT2D eigenvalue weighted by Gasteiger charge is 2.04. The molecule has 23 heavy (non-hydrogen) atoms. The minimum atomic E-state index is 0.732. The van der Waals surface area contributed by atoms with Crippen LogP contribution in [0.25, 0.3) is 0 Å². The molecule has 5 nitrogen and oxygen atoms in total. The number of hydrogen-bond donors (Lipinski definition) is 2. The second-order valence-electron chi connectivity index (χ2n) is 6.09. The monoisotopic (exact) mass is 319 g/mol. The number of aliphatic imine (C=N–C) groups is 1. The molecular weight excluding hydrogens is 286 g/mol. The first-order valence-corrected chi connectivity index (χ1v) is 8.75. The Morgan fingerprint density at radius 1 is 1.22 bits per heavy atom. The Bertz CT molecular complexity index is 449. The number of nitrogens with one attached hydrogen (secondary N) is 2. The van der Waals surface area contributed by atoms with Crippen LogP contribution in [0.4, 0.5) is 5.82 Å². The van der Waals surface area contributed by atoms with E-state index in [0.29, 0.717) is 0 Å². The first-order chi connectivity index (χ1) is 11.1. The van der Waals surface area contributed by atoms with E-state index >= 15 is 0 Å². The van der Waals surface area contributed by atoms with Crippen LogP contribution in [0.15, 0.2) is 23.3 Å². The summed E-state index contributed by atoms with van der Waals surface area (Å²) < 4.78 is 0. The van der Waals surface area contributed by atoms with E-state index in [1.807, 2.05) is 6.20 Å². The molecule has 0 saturated carbocycles. The predicted octanol–water partition coefficient (Wildman–Crippen LogP) is 3.03. The lowest BCUT2D eigenvalue weighted by Gasteiger charge is -2.19. The predicted molar refractivity (Wildman–Crippen MR) is 100 cm³/mol. The van der Waals surface area contributed by atoms with Crippen LogP contribution in [-0.2, 0) is 6.54 Å². The summed E-state index contributed by atoms with van der Waals surface area (Å²) in [6.45, 7) is 12.4. The highest BCUT2D eigenvalue weighted by molar-refractivity contribution is 5.79. The normalized spacial score (nSPS) is 11.7. The van der Waals surface area contributed by atoms with Gasteiger partial charge in [0.15, 0.2) is 5.96 Å². The molecule has 0 aliphatic rings. The van der Waals surface area contributed by atoms with Crippen molar-refractivity contribution in [3.05, 3.63) is 23.9 Å².